The van der Waals surface area contributed by atoms with Crippen molar-refractivity contribution in [3.8, 4) is 12.1 Å². The fraction of sp³-hybridized carbons (Fsp3) is 0.714. The fourth-order valence-electron chi connectivity index (χ4n) is 1.44. The van der Waals surface area contributed by atoms with Crippen LogP contribution in [0.2, 0.25) is 0 Å². The van der Waals surface area contributed by atoms with E-state index in [2.05, 4.69) is 20.9 Å². The second kappa shape index (κ2) is 8.73. The van der Waals surface area contributed by atoms with Gasteiger partial charge in [0, 0.05) is 26.9 Å². The molecule has 0 heterocycles. The normalized spacial score (nSPS) is 15.9. The highest BCUT2D eigenvalue weighted by Gasteiger charge is 2.29. The first-order valence-corrected chi connectivity index (χ1v) is 6.92. The lowest BCUT2D eigenvalue weighted by molar-refractivity contribution is -0.121. The van der Waals surface area contributed by atoms with Crippen molar-refractivity contribution in [2.75, 3.05) is 14.1 Å². The second-order valence-electron chi connectivity index (χ2n) is 5.32. The topological polar surface area (TPSA) is 130 Å². The van der Waals surface area contributed by atoms with Crippen LogP contribution in [0.1, 0.15) is 39.5 Å². The highest BCUT2D eigenvalue weighted by atomic mass is 16.2. The SMILES string of the molecule is CNC(=O)CCC(C)(C#N)N=NC(C)(C#N)CCC(=O)NC. The summed E-state index contributed by atoms with van der Waals surface area (Å²) in [6.45, 7) is 3.10. The molecule has 2 amide bonds. The van der Waals surface area contributed by atoms with E-state index < -0.39 is 11.1 Å². The van der Waals surface area contributed by atoms with Crippen molar-refractivity contribution in [3.05, 3.63) is 0 Å². The first kappa shape index (κ1) is 19.5. The molecule has 0 aromatic rings. The maximum absolute atomic E-state index is 11.3. The Balaban J connectivity index is 4.91. The molecule has 0 spiro atoms. The average Bonchev–Trinajstić information content (AvgIpc) is 2.55. The Labute approximate surface area is 130 Å². The van der Waals surface area contributed by atoms with Gasteiger partial charge in [0.2, 0.25) is 11.8 Å². The summed E-state index contributed by atoms with van der Waals surface area (Å²) in [5.74, 6) is -0.390. The van der Waals surface area contributed by atoms with Crippen molar-refractivity contribution < 1.29 is 9.59 Å². The molecule has 0 aromatic carbocycles. The van der Waals surface area contributed by atoms with Gasteiger partial charge in [-0.3, -0.25) is 9.59 Å². The number of nitriles is 2. The maximum Gasteiger partial charge on any atom is 0.219 e. The minimum atomic E-state index is -1.18. The number of carbonyl (C=O) groups excluding carboxylic acids is 2. The van der Waals surface area contributed by atoms with E-state index in [1.54, 1.807) is 13.8 Å². The van der Waals surface area contributed by atoms with E-state index in [-0.39, 0.29) is 37.5 Å². The van der Waals surface area contributed by atoms with E-state index in [1.807, 2.05) is 12.1 Å². The number of hydrogen-bond donors (Lipinski definition) is 2. The monoisotopic (exact) mass is 306 g/mol. The number of rotatable bonds is 8. The standard InChI is InChI=1S/C14H22N6O2/c1-13(9-15,7-5-11(21)17-3)19-20-14(2,10-16)8-6-12(22)18-4/h5-8H2,1-4H3,(H,17,21)(H,18,22). The molecule has 0 aliphatic heterocycles. The summed E-state index contributed by atoms with van der Waals surface area (Å²) >= 11 is 0. The number of carbonyl (C=O) groups is 2. The third-order valence-electron chi connectivity index (χ3n) is 3.21. The number of amides is 2. The number of hydrogen-bond acceptors (Lipinski definition) is 6. The van der Waals surface area contributed by atoms with Crippen molar-refractivity contribution >= 4 is 11.8 Å². The van der Waals surface area contributed by atoms with Crippen LogP contribution in [0.25, 0.3) is 0 Å². The summed E-state index contributed by atoms with van der Waals surface area (Å²) < 4.78 is 0. The Morgan fingerprint density at radius 3 is 1.45 bits per heavy atom. The molecule has 0 rings (SSSR count). The van der Waals surface area contributed by atoms with Gasteiger partial charge in [0.25, 0.3) is 0 Å². The lowest BCUT2D eigenvalue weighted by Gasteiger charge is -2.19. The Morgan fingerprint density at radius 1 is 0.909 bits per heavy atom. The zero-order chi connectivity index (χ0) is 17.2. The van der Waals surface area contributed by atoms with Crippen molar-refractivity contribution in [2.45, 2.75) is 50.6 Å². The summed E-state index contributed by atoms with van der Waals surface area (Å²) in [7, 11) is 3.03. The molecule has 2 unspecified atom stereocenters. The van der Waals surface area contributed by atoms with Crippen LogP contribution in [0.3, 0.4) is 0 Å². The van der Waals surface area contributed by atoms with Gasteiger partial charge in [-0.1, -0.05) is 0 Å². The summed E-state index contributed by atoms with van der Waals surface area (Å²) in [6, 6.07) is 4.00. The number of azo groups is 1. The first-order chi connectivity index (χ1) is 10.2. The molecule has 22 heavy (non-hydrogen) atoms. The van der Waals surface area contributed by atoms with Crippen molar-refractivity contribution in [1.82, 2.24) is 10.6 Å². The molecule has 8 heteroatoms. The Kier molecular flexibility index (Phi) is 7.74. The van der Waals surface area contributed by atoms with Gasteiger partial charge in [-0.25, -0.2) is 0 Å². The predicted octanol–water partition coefficient (Wildman–Crippen LogP) is 1.06. The smallest absolute Gasteiger partial charge is 0.219 e. The molecule has 0 radical (unpaired) electrons. The molecule has 2 atom stereocenters. The lowest BCUT2D eigenvalue weighted by atomic mass is 9.97. The van der Waals surface area contributed by atoms with Gasteiger partial charge in [-0.2, -0.15) is 20.8 Å². The third kappa shape index (κ3) is 6.80. The van der Waals surface area contributed by atoms with E-state index in [4.69, 9.17) is 0 Å². The molecule has 0 aliphatic rings. The molecule has 0 saturated heterocycles. The molecule has 0 bridgehead atoms. The van der Waals surface area contributed by atoms with Crippen LogP contribution >= 0.6 is 0 Å². The second-order valence-corrected chi connectivity index (χ2v) is 5.32. The Hall–Kier alpha value is -2.48. The average molecular weight is 306 g/mol. The predicted molar refractivity (Wildman–Crippen MR) is 79.5 cm³/mol. The van der Waals surface area contributed by atoms with Gasteiger partial charge in [-0.05, 0) is 26.7 Å². The van der Waals surface area contributed by atoms with E-state index in [1.165, 1.54) is 14.1 Å². The zero-order valence-electron chi connectivity index (χ0n) is 13.4. The van der Waals surface area contributed by atoms with Crippen LogP contribution in [0.5, 0.6) is 0 Å². The van der Waals surface area contributed by atoms with E-state index in [9.17, 15) is 20.1 Å². The molecule has 0 saturated carbocycles. The molecule has 8 nitrogen and oxygen atoms in total. The van der Waals surface area contributed by atoms with Crippen LogP contribution in [-0.4, -0.2) is 37.0 Å². The minimum Gasteiger partial charge on any atom is -0.359 e. The first-order valence-electron chi connectivity index (χ1n) is 6.92. The van der Waals surface area contributed by atoms with Crippen LogP contribution in [-0.2, 0) is 9.59 Å². The van der Waals surface area contributed by atoms with Crippen LogP contribution < -0.4 is 10.6 Å². The summed E-state index contributed by atoms with van der Waals surface area (Å²) in [5, 5.41) is 31.3. The fourth-order valence-corrected chi connectivity index (χ4v) is 1.44. The molecule has 0 aromatic heterocycles. The van der Waals surface area contributed by atoms with Crippen LogP contribution in [0.15, 0.2) is 10.2 Å². The van der Waals surface area contributed by atoms with Crippen molar-refractivity contribution in [1.29, 1.82) is 10.5 Å². The third-order valence-corrected chi connectivity index (χ3v) is 3.21. The maximum atomic E-state index is 11.3. The van der Waals surface area contributed by atoms with Crippen molar-refractivity contribution in [2.24, 2.45) is 10.2 Å². The molecule has 0 fully saturated rings. The molecule has 2 N–H and O–H groups in total. The minimum absolute atomic E-state index is 0.140. The number of nitrogens with one attached hydrogen (secondary N) is 2. The van der Waals surface area contributed by atoms with Crippen molar-refractivity contribution in [3.63, 3.8) is 0 Å². The Morgan fingerprint density at radius 2 is 1.23 bits per heavy atom. The highest BCUT2D eigenvalue weighted by Crippen LogP contribution is 2.23. The van der Waals surface area contributed by atoms with Gasteiger partial charge in [0.15, 0.2) is 11.1 Å². The van der Waals surface area contributed by atoms with Crippen LogP contribution in [0, 0.1) is 22.7 Å². The zero-order valence-corrected chi connectivity index (χ0v) is 13.4. The summed E-state index contributed by atoms with van der Waals surface area (Å²) in [6.07, 6.45) is 0.676. The Bertz CT molecular complexity index is 472. The van der Waals surface area contributed by atoms with Gasteiger partial charge in [0.1, 0.15) is 0 Å². The van der Waals surface area contributed by atoms with E-state index >= 15 is 0 Å². The highest BCUT2D eigenvalue weighted by molar-refractivity contribution is 5.76. The van der Waals surface area contributed by atoms with Gasteiger partial charge in [0.05, 0.1) is 12.1 Å². The largest absolute Gasteiger partial charge is 0.359 e. The molecule has 120 valence electrons. The van der Waals surface area contributed by atoms with Gasteiger partial charge >= 0.3 is 0 Å². The van der Waals surface area contributed by atoms with E-state index in [0.29, 0.717) is 0 Å². The quantitative estimate of drug-likeness (QED) is 0.649. The molecule has 0 aliphatic carbocycles. The van der Waals surface area contributed by atoms with Gasteiger partial charge < -0.3 is 10.6 Å². The molecular weight excluding hydrogens is 284 g/mol. The molecular formula is C14H22N6O2. The van der Waals surface area contributed by atoms with Gasteiger partial charge in [-0.15, -0.1) is 0 Å². The van der Waals surface area contributed by atoms with E-state index in [0.717, 1.165) is 0 Å². The summed E-state index contributed by atoms with van der Waals surface area (Å²) in [4.78, 5) is 22.5. The number of nitrogens with zero attached hydrogens (tertiary/aromatic N) is 4. The lowest BCUT2D eigenvalue weighted by Crippen LogP contribution is -2.28. The summed E-state index contributed by atoms with van der Waals surface area (Å²) in [5.41, 5.74) is -2.37. The van der Waals surface area contributed by atoms with Crippen LogP contribution in [0.4, 0.5) is 0 Å².